The maximum Gasteiger partial charge on any atom is 0.328 e. The van der Waals surface area contributed by atoms with Crippen molar-refractivity contribution in [3.63, 3.8) is 0 Å². The highest BCUT2D eigenvalue weighted by Crippen LogP contribution is 2.08. The number of hydrogen-bond acceptors (Lipinski definition) is 8. The molecule has 0 aliphatic carbocycles. The molecule has 0 aliphatic heterocycles. The number of nitrogens with zero attached hydrogens (tertiary/aromatic N) is 3. The van der Waals surface area contributed by atoms with Gasteiger partial charge in [-0.2, -0.15) is 4.68 Å². The predicted molar refractivity (Wildman–Crippen MR) is 104 cm³/mol. The monoisotopic (exact) mass is 415 g/mol. The van der Waals surface area contributed by atoms with Gasteiger partial charge in [-0.05, 0) is 30.0 Å². The Morgan fingerprint density at radius 1 is 1.14 bits per heavy atom. The van der Waals surface area contributed by atoms with Crippen LogP contribution in [0.25, 0.3) is 10.9 Å². The Morgan fingerprint density at radius 3 is 2.76 bits per heavy atom. The lowest BCUT2D eigenvalue weighted by atomic mass is 10.2. The van der Waals surface area contributed by atoms with Crippen molar-refractivity contribution in [3.05, 3.63) is 57.0 Å². The molecule has 0 unspecified atom stereocenters. The second-order valence-corrected chi connectivity index (χ2v) is 6.90. The van der Waals surface area contributed by atoms with Crippen LogP contribution in [0.5, 0.6) is 0 Å². The van der Waals surface area contributed by atoms with E-state index in [0.717, 1.165) is 9.56 Å². The summed E-state index contributed by atoms with van der Waals surface area (Å²) in [6, 6.07) is 9.76. The van der Waals surface area contributed by atoms with Crippen LogP contribution in [0.3, 0.4) is 0 Å². The number of ether oxygens (including phenoxy) is 1. The van der Waals surface area contributed by atoms with Crippen molar-refractivity contribution in [3.8, 4) is 0 Å². The third-order valence-corrected chi connectivity index (χ3v) is 4.70. The minimum absolute atomic E-state index is 0.312. The summed E-state index contributed by atoms with van der Waals surface area (Å²) in [7, 11) is 0. The summed E-state index contributed by atoms with van der Waals surface area (Å²) in [6.07, 6.45) is 0.649. The standard InChI is InChI=1S/C18H17N5O5S/c24-15(20-18(27)19-8-7-12-4-3-9-29-12)11-28-16(25)10-23-17(26)13-5-1-2-6-14(13)21-22-23/h1-6,9H,7-8,10-11H2,(H2,19,20,24,27). The highest BCUT2D eigenvalue weighted by molar-refractivity contribution is 7.09. The molecule has 2 N–H and O–H groups in total. The summed E-state index contributed by atoms with van der Waals surface area (Å²) >= 11 is 1.57. The molecule has 11 heteroatoms. The maximum absolute atomic E-state index is 12.3. The van der Waals surface area contributed by atoms with E-state index in [2.05, 4.69) is 20.9 Å². The molecule has 0 radical (unpaired) electrons. The fraction of sp³-hybridized carbons (Fsp3) is 0.222. The van der Waals surface area contributed by atoms with Gasteiger partial charge in [0.15, 0.2) is 6.61 Å². The quantitative estimate of drug-likeness (QED) is 0.536. The summed E-state index contributed by atoms with van der Waals surface area (Å²) in [5.74, 6) is -1.64. The molecule has 0 aliphatic rings. The van der Waals surface area contributed by atoms with E-state index in [1.54, 1.807) is 35.6 Å². The summed E-state index contributed by atoms with van der Waals surface area (Å²) in [4.78, 5) is 48.6. The number of nitrogens with one attached hydrogen (secondary N) is 2. The first-order chi connectivity index (χ1) is 14.0. The van der Waals surface area contributed by atoms with Crippen LogP contribution in [-0.2, 0) is 27.3 Å². The molecule has 2 aromatic heterocycles. The Kier molecular flexibility index (Phi) is 6.63. The van der Waals surface area contributed by atoms with Crippen molar-refractivity contribution in [2.45, 2.75) is 13.0 Å². The van der Waals surface area contributed by atoms with Gasteiger partial charge in [0.2, 0.25) is 0 Å². The van der Waals surface area contributed by atoms with Crippen LogP contribution < -0.4 is 16.2 Å². The zero-order valence-corrected chi connectivity index (χ0v) is 16.0. The van der Waals surface area contributed by atoms with Gasteiger partial charge in [0, 0.05) is 11.4 Å². The van der Waals surface area contributed by atoms with E-state index in [4.69, 9.17) is 4.74 Å². The average Bonchev–Trinajstić information content (AvgIpc) is 3.22. The first-order valence-corrected chi connectivity index (χ1v) is 9.49. The van der Waals surface area contributed by atoms with Crippen LogP contribution >= 0.6 is 11.3 Å². The van der Waals surface area contributed by atoms with Gasteiger partial charge in [0.05, 0.1) is 5.39 Å². The SMILES string of the molecule is O=C(COC(=O)Cn1nnc2ccccc2c1=O)NC(=O)NCCc1cccs1. The van der Waals surface area contributed by atoms with Crippen LogP contribution in [0.2, 0.25) is 0 Å². The summed E-state index contributed by atoms with van der Waals surface area (Å²) in [5.41, 5.74) is -0.0892. The van der Waals surface area contributed by atoms with E-state index in [1.165, 1.54) is 0 Å². The van der Waals surface area contributed by atoms with Crippen molar-refractivity contribution >= 4 is 40.1 Å². The Morgan fingerprint density at radius 2 is 1.97 bits per heavy atom. The zero-order chi connectivity index (χ0) is 20.6. The maximum atomic E-state index is 12.3. The molecule has 0 bridgehead atoms. The van der Waals surface area contributed by atoms with E-state index in [0.29, 0.717) is 23.9 Å². The number of urea groups is 1. The Labute approximate surface area is 168 Å². The number of rotatable bonds is 7. The molecule has 0 fully saturated rings. The fourth-order valence-corrected chi connectivity index (χ4v) is 3.11. The van der Waals surface area contributed by atoms with E-state index < -0.39 is 36.6 Å². The van der Waals surface area contributed by atoms with E-state index in [1.807, 2.05) is 17.5 Å². The molecule has 3 aromatic rings. The molecule has 0 spiro atoms. The number of fused-ring (bicyclic) bond motifs is 1. The molecular weight excluding hydrogens is 398 g/mol. The molecule has 10 nitrogen and oxygen atoms in total. The first-order valence-electron chi connectivity index (χ1n) is 8.61. The number of carbonyl (C=O) groups excluding carboxylic acids is 3. The molecule has 3 rings (SSSR count). The van der Waals surface area contributed by atoms with Crippen molar-refractivity contribution in [1.82, 2.24) is 25.6 Å². The normalized spacial score (nSPS) is 10.5. The molecule has 0 saturated heterocycles. The molecule has 3 amide bonds. The first kappa shape index (κ1) is 20.1. The number of aromatic nitrogens is 3. The predicted octanol–water partition coefficient (Wildman–Crippen LogP) is 0.465. The van der Waals surface area contributed by atoms with Crippen molar-refractivity contribution in [1.29, 1.82) is 0 Å². The second kappa shape index (κ2) is 9.55. The van der Waals surface area contributed by atoms with Gasteiger partial charge in [0.1, 0.15) is 12.1 Å². The van der Waals surface area contributed by atoms with Gasteiger partial charge in [0.25, 0.3) is 11.5 Å². The number of amides is 3. The molecule has 0 atom stereocenters. The van der Waals surface area contributed by atoms with E-state index >= 15 is 0 Å². The number of thiophene rings is 1. The van der Waals surface area contributed by atoms with Crippen molar-refractivity contribution < 1.29 is 19.1 Å². The molecule has 1 aromatic carbocycles. The largest absolute Gasteiger partial charge is 0.454 e. The zero-order valence-electron chi connectivity index (χ0n) is 15.2. The third-order valence-electron chi connectivity index (χ3n) is 3.76. The molecule has 0 saturated carbocycles. The summed E-state index contributed by atoms with van der Waals surface area (Å²) in [5, 5.41) is 14.4. The lowest BCUT2D eigenvalue weighted by molar-refractivity contribution is -0.149. The topological polar surface area (TPSA) is 132 Å². The lowest BCUT2D eigenvalue weighted by Gasteiger charge is -2.08. The van der Waals surface area contributed by atoms with Gasteiger partial charge >= 0.3 is 12.0 Å². The smallest absolute Gasteiger partial charge is 0.328 e. The Balaban J connectivity index is 1.42. The molecular formula is C18H17N5O5S. The van der Waals surface area contributed by atoms with E-state index in [9.17, 15) is 19.2 Å². The minimum Gasteiger partial charge on any atom is -0.454 e. The van der Waals surface area contributed by atoms with Crippen LogP contribution in [0.15, 0.2) is 46.6 Å². The van der Waals surface area contributed by atoms with Crippen LogP contribution in [0.4, 0.5) is 4.79 Å². The van der Waals surface area contributed by atoms with Gasteiger partial charge in [-0.25, -0.2) is 4.79 Å². The fourth-order valence-electron chi connectivity index (χ4n) is 2.40. The van der Waals surface area contributed by atoms with Gasteiger partial charge in [-0.15, -0.1) is 16.4 Å². The number of benzene rings is 1. The number of esters is 1. The van der Waals surface area contributed by atoms with Crippen LogP contribution in [0.1, 0.15) is 4.88 Å². The Hall–Kier alpha value is -3.60. The molecule has 29 heavy (non-hydrogen) atoms. The number of imide groups is 1. The van der Waals surface area contributed by atoms with Crippen LogP contribution in [-0.4, -0.2) is 46.1 Å². The highest BCUT2D eigenvalue weighted by atomic mass is 32.1. The summed E-state index contributed by atoms with van der Waals surface area (Å²) < 4.78 is 5.63. The number of hydrogen-bond donors (Lipinski definition) is 2. The van der Waals surface area contributed by atoms with Gasteiger partial charge in [-0.1, -0.05) is 23.4 Å². The second-order valence-electron chi connectivity index (χ2n) is 5.86. The van der Waals surface area contributed by atoms with E-state index in [-0.39, 0.29) is 0 Å². The average molecular weight is 415 g/mol. The molecule has 150 valence electrons. The minimum atomic E-state index is -0.857. The highest BCUT2D eigenvalue weighted by Gasteiger charge is 2.13. The van der Waals surface area contributed by atoms with Crippen molar-refractivity contribution in [2.24, 2.45) is 0 Å². The van der Waals surface area contributed by atoms with Gasteiger partial charge < -0.3 is 10.1 Å². The Bertz CT molecular complexity index is 1080. The number of carbonyl (C=O) groups is 3. The third kappa shape index (κ3) is 5.69. The van der Waals surface area contributed by atoms with Crippen LogP contribution in [0, 0.1) is 0 Å². The molecule has 2 heterocycles. The van der Waals surface area contributed by atoms with Gasteiger partial charge in [-0.3, -0.25) is 19.7 Å². The van der Waals surface area contributed by atoms with Crippen molar-refractivity contribution in [2.75, 3.05) is 13.2 Å². The lowest BCUT2D eigenvalue weighted by Crippen LogP contribution is -2.42. The summed E-state index contributed by atoms with van der Waals surface area (Å²) in [6.45, 7) is -0.799.